The molecule has 0 fully saturated rings. The normalized spacial score (nSPS) is 15.9. The van der Waals surface area contributed by atoms with Crippen LogP contribution in [0.5, 0.6) is 5.75 Å². The molecule has 154 valence electrons. The zero-order chi connectivity index (χ0) is 20.5. The molecule has 0 spiro atoms. The molecule has 1 aliphatic heterocycles. The number of esters is 1. The van der Waals surface area contributed by atoms with E-state index in [9.17, 15) is 4.79 Å². The lowest BCUT2D eigenvalue weighted by Crippen LogP contribution is -2.25. The molecule has 1 atom stereocenters. The molecule has 0 aliphatic carbocycles. The van der Waals surface area contributed by atoms with Crippen molar-refractivity contribution in [3.63, 3.8) is 0 Å². The number of hydrogen-bond acceptors (Lipinski definition) is 6. The first-order valence-corrected chi connectivity index (χ1v) is 10.3. The van der Waals surface area contributed by atoms with E-state index in [4.69, 9.17) is 9.47 Å². The fraction of sp³-hybridized carbons (Fsp3) is 0.435. The zero-order valence-electron chi connectivity index (χ0n) is 17.2. The summed E-state index contributed by atoms with van der Waals surface area (Å²) in [4.78, 5) is 13.8. The maximum atomic E-state index is 11.6. The third-order valence-electron chi connectivity index (χ3n) is 4.96. The predicted octanol–water partition coefficient (Wildman–Crippen LogP) is 4.55. The van der Waals surface area contributed by atoms with Crippen molar-refractivity contribution in [1.29, 1.82) is 0 Å². The highest BCUT2D eigenvalue weighted by atomic mass is 16.5. The summed E-state index contributed by atoms with van der Waals surface area (Å²) in [6, 6.07) is 11.1. The summed E-state index contributed by atoms with van der Waals surface area (Å²) in [7, 11) is 0. The molecule has 29 heavy (non-hydrogen) atoms. The Morgan fingerprint density at radius 1 is 1.14 bits per heavy atom. The van der Waals surface area contributed by atoms with Crippen molar-refractivity contribution < 1.29 is 14.3 Å². The number of aryl methyl sites for hydroxylation is 1. The van der Waals surface area contributed by atoms with Crippen LogP contribution in [-0.4, -0.2) is 35.9 Å². The molecule has 0 bridgehead atoms. The number of nitrogens with zero attached hydrogens (tertiary/aromatic N) is 3. The van der Waals surface area contributed by atoms with Crippen molar-refractivity contribution in [2.75, 3.05) is 24.7 Å². The summed E-state index contributed by atoms with van der Waals surface area (Å²) in [5, 5.41) is 8.38. The van der Waals surface area contributed by atoms with E-state index in [2.05, 4.69) is 27.4 Å². The van der Waals surface area contributed by atoms with Crippen molar-refractivity contribution in [3.05, 3.63) is 59.9 Å². The molecule has 6 heteroatoms. The van der Waals surface area contributed by atoms with Gasteiger partial charge in [0.1, 0.15) is 5.75 Å². The topological polar surface area (TPSA) is 64.6 Å². The Balaban J connectivity index is 1.33. The van der Waals surface area contributed by atoms with Crippen LogP contribution >= 0.6 is 0 Å². The van der Waals surface area contributed by atoms with E-state index in [1.165, 1.54) is 0 Å². The summed E-state index contributed by atoms with van der Waals surface area (Å²) in [6.45, 7) is 5.78. The van der Waals surface area contributed by atoms with Crippen LogP contribution < -0.4 is 9.64 Å². The lowest BCUT2D eigenvalue weighted by Gasteiger charge is -2.26. The predicted molar refractivity (Wildman–Crippen MR) is 113 cm³/mol. The van der Waals surface area contributed by atoms with Gasteiger partial charge in [0.25, 0.3) is 0 Å². The molecule has 0 saturated heterocycles. The van der Waals surface area contributed by atoms with Crippen LogP contribution in [-0.2, 0) is 4.74 Å². The third-order valence-corrected chi connectivity index (χ3v) is 4.96. The monoisotopic (exact) mass is 395 g/mol. The lowest BCUT2D eigenvalue weighted by molar-refractivity contribution is 0.0526. The quantitative estimate of drug-likeness (QED) is 0.458. The van der Waals surface area contributed by atoms with Crippen LogP contribution in [0.4, 0.5) is 5.82 Å². The Hall–Kier alpha value is -2.89. The van der Waals surface area contributed by atoms with Gasteiger partial charge in [0.2, 0.25) is 0 Å². The summed E-state index contributed by atoms with van der Waals surface area (Å²) in [5.74, 6) is 2.00. The van der Waals surface area contributed by atoms with Gasteiger partial charge >= 0.3 is 5.97 Å². The van der Waals surface area contributed by atoms with E-state index in [1.54, 1.807) is 19.1 Å². The van der Waals surface area contributed by atoms with Crippen molar-refractivity contribution in [2.45, 2.75) is 39.5 Å². The number of ether oxygens (including phenoxy) is 2. The van der Waals surface area contributed by atoms with Crippen molar-refractivity contribution in [1.82, 2.24) is 10.2 Å². The number of unbranched alkanes of at least 4 members (excludes halogenated alkanes) is 1. The Labute approximate surface area is 172 Å². The van der Waals surface area contributed by atoms with Crippen LogP contribution in [0, 0.1) is 12.8 Å². The van der Waals surface area contributed by atoms with E-state index in [0.717, 1.165) is 49.5 Å². The maximum absolute atomic E-state index is 11.6. The van der Waals surface area contributed by atoms with Crippen LogP contribution in [0.15, 0.2) is 48.7 Å². The van der Waals surface area contributed by atoms with E-state index >= 15 is 0 Å². The van der Waals surface area contributed by atoms with Crippen LogP contribution in [0.3, 0.4) is 0 Å². The maximum Gasteiger partial charge on any atom is 0.338 e. The SMILES string of the molecule is CCOC(=O)c1ccc(OCCCC[C@H]2C=CN(c3ccc(C)nn3)CC2)cc1. The minimum atomic E-state index is -0.299. The fourth-order valence-corrected chi connectivity index (χ4v) is 3.28. The van der Waals surface area contributed by atoms with Crippen LogP contribution in [0.1, 0.15) is 48.7 Å². The molecular weight excluding hydrogens is 366 g/mol. The molecule has 0 amide bonds. The molecule has 0 radical (unpaired) electrons. The summed E-state index contributed by atoms with van der Waals surface area (Å²) in [6.07, 6.45) is 8.84. The Kier molecular flexibility index (Phi) is 7.61. The van der Waals surface area contributed by atoms with Gasteiger partial charge in [-0.25, -0.2) is 4.79 Å². The summed E-state index contributed by atoms with van der Waals surface area (Å²) >= 11 is 0. The second-order valence-electron chi connectivity index (χ2n) is 7.21. The Morgan fingerprint density at radius 2 is 1.97 bits per heavy atom. The average Bonchev–Trinajstić information content (AvgIpc) is 2.75. The standard InChI is InChI=1S/C23H29N3O3/c1-3-28-23(27)20-8-10-21(11-9-20)29-17-5-4-6-19-13-15-26(16-14-19)22-12-7-18(2)24-25-22/h7-13,15,19H,3-6,14,16-17H2,1-2H3/t19-/m0/s1. The lowest BCUT2D eigenvalue weighted by atomic mass is 9.96. The van der Waals surface area contributed by atoms with Gasteiger partial charge in [0, 0.05) is 12.7 Å². The van der Waals surface area contributed by atoms with Gasteiger partial charge in [0.15, 0.2) is 5.82 Å². The molecule has 3 rings (SSSR count). The minimum Gasteiger partial charge on any atom is -0.494 e. The van der Waals surface area contributed by atoms with Crippen LogP contribution in [0.25, 0.3) is 0 Å². The third kappa shape index (κ3) is 6.31. The molecule has 0 saturated carbocycles. The van der Waals surface area contributed by atoms with Gasteiger partial charge in [-0.1, -0.05) is 6.08 Å². The number of benzene rings is 1. The highest BCUT2D eigenvalue weighted by Crippen LogP contribution is 2.23. The van der Waals surface area contributed by atoms with Gasteiger partial charge in [-0.15, -0.1) is 5.10 Å². The molecule has 1 aliphatic rings. The van der Waals surface area contributed by atoms with Gasteiger partial charge in [-0.2, -0.15) is 5.10 Å². The van der Waals surface area contributed by atoms with E-state index in [1.807, 2.05) is 31.2 Å². The molecule has 1 aromatic heterocycles. The van der Waals surface area contributed by atoms with E-state index in [0.29, 0.717) is 24.7 Å². The molecule has 2 heterocycles. The van der Waals surface area contributed by atoms with Gasteiger partial charge in [-0.05, 0) is 81.8 Å². The van der Waals surface area contributed by atoms with Crippen molar-refractivity contribution in [3.8, 4) is 5.75 Å². The summed E-state index contributed by atoms with van der Waals surface area (Å²) in [5.41, 5.74) is 1.48. The largest absolute Gasteiger partial charge is 0.494 e. The Bertz CT molecular complexity index is 803. The van der Waals surface area contributed by atoms with Gasteiger partial charge in [0.05, 0.1) is 24.5 Å². The number of hydrogen-bond donors (Lipinski definition) is 0. The molecule has 0 unspecified atom stereocenters. The van der Waals surface area contributed by atoms with E-state index < -0.39 is 0 Å². The number of rotatable bonds is 9. The molecule has 1 aromatic carbocycles. The van der Waals surface area contributed by atoms with Gasteiger partial charge in [-0.3, -0.25) is 0 Å². The van der Waals surface area contributed by atoms with Crippen molar-refractivity contribution in [2.24, 2.45) is 5.92 Å². The zero-order valence-corrected chi connectivity index (χ0v) is 17.2. The first kappa shape index (κ1) is 20.8. The number of carbonyl (C=O) groups excluding carboxylic acids is 1. The second-order valence-corrected chi connectivity index (χ2v) is 7.21. The fourth-order valence-electron chi connectivity index (χ4n) is 3.28. The van der Waals surface area contributed by atoms with E-state index in [-0.39, 0.29) is 5.97 Å². The average molecular weight is 396 g/mol. The minimum absolute atomic E-state index is 0.299. The number of anilines is 1. The van der Waals surface area contributed by atoms with Crippen molar-refractivity contribution >= 4 is 11.8 Å². The Morgan fingerprint density at radius 3 is 2.62 bits per heavy atom. The number of aromatic nitrogens is 2. The first-order chi connectivity index (χ1) is 14.2. The number of carbonyl (C=O) groups is 1. The smallest absolute Gasteiger partial charge is 0.338 e. The highest BCUT2D eigenvalue weighted by molar-refractivity contribution is 5.89. The highest BCUT2D eigenvalue weighted by Gasteiger charge is 2.15. The first-order valence-electron chi connectivity index (χ1n) is 10.3. The molecule has 6 nitrogen and oxygen atoms in total. The molecule has 0 N–H and O–H groups in total. The van der Waals surface area contributed by atoms with Gasteiger partial charge < -0.3 is 14.4 Å². The van der Waals surface area contributed by atoms with Crippen LogP contribution in [0.2, 0.25) is 0 Å². The second kappa shape index (κ2) is 10.6. The number of allylic oxidation sites excluding steroid dienone is 1. The molecular formula is C23H29N3O3. The molecule has 2 aromatic rings. The summed E-state index contributed by atoms with van der Waals surface area (Å²) < 4.78 is 10.8.